The van der Waals surface area contributed by atoms with Crippen LogP contribution < -0.4 is 16.1 Å². The standard InChI is InChI=1S/C20H19BN4O2/c1-20(2,18-11-23-18)12-3-6-14(7-4-12)24-19-15-9-13(21)5-8-16(15)22-10-17(19)25(26)27/h3-10,18,23H,11H2,1-2H3,(H,22,24). The van der Waals surface area contributed by atoms with Crippen molar-refractivity contribution in [3.63, 3.8) is 0 Å². The van der Waals surface area contributed by atoms with Crippen molar-refractivity contribution in [3.8, 4) is 0 Å². The predicted octanol–water partition coefficient (Wildman–Crippen LogP) is 2.93. The van der Waals surface area contributed by atoms with Crippen LogP contribution in [0.3, 0.4) is 0 Å². The molecule has 0 saturated carbocycles. The van der Waals surface area contributed by atoms with Crippen LogP contribution in [0.15, 0.2) is 48.7 Å². The van der Waals surface area contributed by atoms with E-state index in [-0.39, 0.29) is 11.1 Å². The van der Waals surface area contributed by atoms with Gasteiger partial charge in [-0.1, -0.05) is 43.6 Å². The summed E-state index contributed by atoms with van der Waals surface area (Å²) in [5.74, 6) is 0. The maximum absolute atomic E-state index is 11.5. The highest BCUT2D eigenvalue weighted by atomic mass is 16.6. The number of hydrogen-bond acceptors (Lipinski definition) is 5. The Morgan fingerprint density at radius 1 is 1.26 bits per heavy atom. The van der Waals surface area contributed by atoms with E-state index in [0.717, 1.165) is 12.2 Å². The van der Waals surface area contributed by atoms with Crippen molar-refractivity contribution in [2.75, 3.05) is 11.9 Å². The number of benzene rings is 2. The summed E-state index contributed by atoms with van der Waals surface area (Å²) in [5, 5.41) is 18.7. The van der Waals surface area contributed by atoms with Crippen molar-refractivity contribution in [3.05, 3.63) is 64.3 Å². The largest absolute Gasteiger partial charge is 0.349 e. The minimum atomic E-state index is -0.436. The first-order valence-corrected chi connectivity index (χ1v) is 8.80. The third-order valence-corrected chi connectivity index (χ3v) is 5.25. The van der Waals surface area contributed by atoms with Crippen LogP contribution in [0.2, 0.25) is 0 Å². The fourth-order valence-electron chi connectivity index (χ4n) is 3.37. The second-order valence-corrected chi connectivity index (χ2v) is 7.44. The molecule has 7 heteroatoms. The molecule has 1 aromatic heterocycles. The third kappa shape index (κ3) is 3.26. The van der Waals surface area contributed by atoms with E-state index >= 15 is 0 Å². The van der Waals surface area contributed by atoms with Gasteiger partial charge in [0.15, 0.2) is 0 Å². The van der Waals surface area contributed by atoms with Crippen molar-refractivity contribution in [2.45, 2.75) is 25.3 Å². The normalized spacial score (nSPS) is 16.3. The van der Waals surface area contributed by atoms with Crippen molar-refractivity contribution >= 4 is 41.3 Å². The van der Waals surface area contributed by atoms with E-state index in [1.54, 1.807) is 18.2 Å². The lowest BCUT2D eigenvalue weighted by Gasteiger charge is -2.24. The lowest BCUT2D eigenvalue weighted by molar-refractivity contribution is -0.384. The van der Waals surface area contributed by atoms with Crippen LogP contribution in [0.25, 0.3) is 10.9 Å². The SMILES string of the molecule is [B]c1ccc2ncc([N+](=O)[O-])c(Nc3ccc(C(C)(C)C4CN4)cc3)c2c1. The molecule has 1 atom stereocenters. The van der Waals surface area contributed by atoms with Crippen LogP contribution in [-0.2, 0) is 5.41 Å². The van der Waals surface area contributed by atoms with E-state index < -0.39 is 4.92 Å². The molecule has 0 aliphatic carbocycles. The van der Waals surface area contributed by atoms with E-state index in [0.29, 0.717) is 28.1 Å². The highest BCUT2D eigenvalue weighted by molar-refractivity contribution is 6.33. The number of aromatic nitrogens is 1. The van der Waals surface area contributed by atoms with E-state index in [1.165, 1.54) is 11.8 Å². The Balaban J connectivity index is 1.73. The molecular formula is C20H19BN4O2. The van der Waals surface area contributed by atoms with Gasteiger partial charge in [0.05, 0.1) is 10.4 Å². The Morgan fingerprint density at radius 3 is 2.59 bits per heavy atom. The average Bonchev–Trinajstić information content (AvgIpc) is 3.48. The van der Waals surface area contributed by atoms with Crippen LogP contribution in [0.4, 0.5) is 17.1 Å². The van der Waals surface area contributed by atoms with E-state index in [9.17, 15) is 10.1 Å². The molecule has 2 heterocycles. The predicted molar refractivity (Wildman–Crippen MR) is 108 cm³/mol. The minimum absolute atomic E-state index is 0.0440. The van der Waals surface area contributed by atoms with Gasteiger partial charge in [-0.2, -0.15) is 0 Å². The highest BCUT2D eigenvalue weighted by Gasteiger charge is 2.38. The molecule has 27 heavy (non-hydrogen) atoms. The van der Waals surface area contributed by atoms with Crippen LogP contribution in [-0.4, -0.2) is 30.3 Å². The van der Waals surface area contributed by atoms with Crippen LogP contribution in [0, 0.1) is 10.1 Å². The number of anilines is 2. The highest BCUT2D eigenvalue weighted by Crippen LogP contribution is 2.35. The Kier molecular flexibility index (Phi) is 4.11. The fourth-order valence-corrected chi connectivity index (χ4v) is 3.37. The van der Waals surface area contributed by atoms with Crippen molar-refractivity contribution < 1.29 is 4.92 Å². The molecule has 0 spiro atoms. The number of nitrogens with one attached hydrogen (secondary N) is 2. The molecule has 4 rings (SSSR count). The summed E-state index contributed by atoms with van der Waals surface area (Å²) in [5.41, 5.74) is 3.53. The molecule has 2 N–H and O–H groups in total. The first-order valence-electron chi connectivity index (χ1n) is 8.80. The zero-order valence-corrected chi connectivity index (χ0v) is 15.2. The number of fused-ring (bicyclic) bond motifs is 1. The van der Waals surface area contributed by atoms with Gasteiger partial charge in [-0.3, -0.25) is 10.1 Å². The monoisotopic (exact) mass is 358 g/mol. The Bertz CT molecular complexity index is 1030. The van der Waals surface area contributed by atoms with Gasteiger partial charge in [0.1, 0.15) is 19.7 Å². The molecule has 2 radical (unpaired) electrons. The molecule has 6 nitrogen and oxygen atoms in total. The van der Waals surface area contributed by atoms with E-state index in [4.69, 9.17) is 7.85 Å². The second kappa shape index (κ2) is 6.35. The van der Waals surface area contributed by atoms with Gasteiger partial charge >= 0.3 is 5.69 Å². The summed E-state index contributed by atoms with van der Waals surface area (Å²) in [6.07, 6.45) is 1.27. The first kappa shape index (κ1) is 17.5. The molecule has 1 saturated heterocycles. The fraction of sp³-hybridized carbons (Fsp3) is 0.250. The zero-order valence-electron chi connectivity index (χ0n) is 15.2. The van der Waals surface area contributed by atoms with Gasteiger partial charge in [0, 0.05) is 29.1 Å². The lowest BCUT2D eigenvalue weighted by atomic mass is 9.81. The van der Waals surface area contributed by atoms with Gasteiger partial charge < -0.3 is 10.6 Å². The quantitative estimate of drug-likeness (QED) is 0.317. The summed E-state index contributed by atoms with van der Waals surface area (Å²) in [6, 6.07) is 13.7. The maximum atomic E-state index is 11.5. The van der Waals surface area contributed by atoms with Crippen LogP contribution in [0.1, 0.15) is 19.4 Å². The van der Waals surface area contributed by atoms with Gasteiger partial charge in [-0.25, -0.2) is 4.98 Å². The maximum Gasteiger partial charge on any atom is 0.311 e. The summed E-state index contributed by atoms with van der Waals surface area (Å²) in [6.45, 7) is 5.46. The number of nitrogens with zero attached hydrogens (tertiary/aromatic N) is 2. The van der Waals surface area contributed by atoms with Gasteiger partial charge in [-0.05, 0) is 23.8 Å². The Hall–Kier alpha value is -2.93. The Labute approximate surface area is 158 Å². The van der Waals surface area contributed by atoms with Gasteiger partial charge in [0.25, 0.3) is 0 Å². The number of nitro groups is 1. The van der Waals surface area contributed by atoms with E-state index in [1.807, 2.05) is 12.1 Å². The average molecular weight is 358 g/mol. The molecule has 1 unspecified atom stereocenters. The topological polar surface area (TPSA) is 90.0 Å². The summed E-state index contributed by atoms with van der Waals surface area (Å²) < 4.78 is 0. The summed E-state index contributed by atoms with van der Waals surface area (Å²) in [7, 11) is 5.88. The van der Waals surface area contributed by atoms with Gasteiger partial charge in [0.2, 0.25) is 0 Å². The molecule has 1 aliphatic heterocycles. The Morgan fingerprint density at radius 2 is 1.96 bits per heavy atom. The van der Waals surface area contributed by atoms with Crippen LogP contribution >= 0.6 is 0 Å². The summed E-state index contributed by atoms with van der Waals surface area (Å²) >= 11 is 0. The molecule has 1 aliphatic rings. The molecule has 3 aromatic rings. The smallest absolute Gasteiger partial charge is 0.311 e. The molecular weight excluding hydrogens is 339 g/mol. The lowest BCUT2D eigenvalue weighted by Crippen LogP contribution is -2.26. The third-order valence-electron chi connectivity index (χ3n) is 5.25. The van der Waals surface area contributed by atoms with E-state index in [2.05, 4.69) is 41.6 Å². The molecule has 134 valence electrons. The number of pyridine rings is 1. The second-order valence-electron chi connectivity index (χ2n) is 7.44. The molecule has 2 aromatic carbocycles. The molecule has 0 amide bonds. The van der Waals surface area contributed by atoms with Crippen molar-refractivity contribution in [2.24, 2.45) is 0 Å². The molecule has 1 fully saturated rings. The first-order chi connectivity index (χ1) is 12.9. The van der Waals surface area contributed by atoms with Gasteiger partial charge in [-0.15, -0.1) is 0 Å². The zero-order chi connectivity index (χ0) is 19.2. The number of rotatable bonds is 5. The molecule has 0 bridgehead atoms. The minimum Gasteiger partial charge on any atom is -0.349 e. The summed E-state index contributed by atoms with van der Waals surface area (Å²) in [4.78, 5) is 15.2. The van der Waals surface area contributed by atoms with Crippen LogP contribution in [0.5, 0.6) is 0 Å². The van der Waals surface area contributed by atoms with Crippen molar-refractivity contribution in [1.29, 1.82) is 0 Å². The van der Waals surface area contributed by atoms with Crippen molar-refractivity contribution in [1.82, 2.24) is 10.3 Å². The number of hydrogen-bond donors (Lipinski definition) is 2.